The van der Waals surface area contributed by atoms with Crippen LogP contribution in [0.4, 0.5) is 0 Å². The second-order valence-electron chi connectivity index (χ2n) is 3.80. The Bertz CT molecular complexity index is 363. The largest absolute Gasteiger partial charge is 0.351 e. The molecule has 1 aromatic carbocycles. The molecule has 2 N–H and O–H groups in total. The van der Waals surface area contributed by atoms with Gasteiger partial charge in [0.25, 0.3) is 0 Å². The highest BCUT2D eigenvalue weighted by atomic mass is 79.9. The van der Waals surface area contributed by atoms with Crippen molar-refractivity contribution in [1.29, 1.82) is 0 Å². The molecule has 1 aliphatic heterocycles. The number of hydrogen-bond donors (Lipinski definition) is 2. The first kappa shape index (κ1) is 10.6. The van der Waals surface area contributed by atoms with Crippen LogP contribution in [0.1, 0.15) is 18.5 Å². The van der Waals surface area contributed by atoms with Crippen LogP contribution in [-0.4, -0.2) is 18.5 Å². The predicted molar refractivity (Wildman–Crippen MR) is 62.5 cm³/mol. The van der Waals surface area contributed by atoms with Crippen LogP contribution in [0, 0.1) is 0 Å². The molecule has 1 saturated heterocycles. The van der Waals surface area contributed by atoms with E-state index in [2.05, 4.69) is 26.6 Å². The van der Waals surface area contributed by atoms with Gasteiger partial charge in [-0.2, -0.15) is 0 Å². The second-order valence-corrected chi connectivity index (χ2v) is 4.72. The van der Waals surface area contributed by atoms with Crippen LogP contribution in [0.2, 0.25) is 0 Å². The minimum atomic E-state index is -0.214. The zero-order chi connectivity index (χ0) is 10.8. The van der Waals surface area contributed by atoms with Crippen molar-refractivity contribution in [1.82, 2.24) is 10.6 Å². The standard InChI is InChI=1S/C11H13BrN2O/c1-7-6-13-10(11(15)14-7)8-2-4-9(12)5-3-8/h2-5,7,10,13H,6H2,1H3,(H,14,15)/t7-,10+/m0/s1. The average Bonchev–Trinajstić information content (AvgIpc) is 2.20. The topological polar surface area (TPSA) is 41.1 Å². The van der Waals surface area contributed by atoms with Crippen molar-refractivity contribution in [3.8, 4) is 0 Å². The summed E-state index contributed by atoms with van der Waals surface area (Å²) in [5, 5.41) is 6.16. The second kappa shape index (κ2) is 4.33. The lowest BCUT2D eigenvalue weighted by Crippen LogP contribution is -2.52. The van der Waals surface area contributed by atoms with Gasteiger partial charge in [0.05, 0.1) is 0 Å². The Kier molecular flexibility index (Phi) is 3.07. The molecule has 0 radical (unpaired) electrons. The van der Waals surface area contributed by atoms with Gasteiger partial charge in [0, 0.05) is 17.1 Å². The fourth-order valence-electron chi connectivity index (χ4n) is 1.69. The first-order valence-corrected chi connectivity index (χ1v) is 5.75. The smallest absolute Gasteiger partial charge is 0.241 e. The molecule has 80 valence electrons. The van der Waals surface area contributed by atoms with Gasteiger partial charge in [-0.3, -0.25) is 4.79 Å². The van der Waals surface area contributed by atoms with E-state index in [4.69, 9.17) is 0 Å². The van der Waals surface area contributed by atoms with Crippen LogP contribution in [0.25, 0.3) is 0 Å². The molecule has 0 saturated carbocycles. The summed E-state index contributed by atoms with van der Waals surface area (Å²) in [5.74, 6) is 0.0519. The third-order valence-corrected chi connectivity index (χ3v) is 3.01. The maximum absolute atomic E-state index is 11.7. The summed E-state index contributed by atoms with van der Waals surface area (Å²) in [6.45, 7) is 2.80. The van der Waals surface area contributed by atoms with Crippen LogP contribution in [-0.2, 0) is 4.79 Å². The molecule has 3 nitrogen and oxygen atoms in total. The van der Waals surface area contributed by atoms with Gasteiger partial charge in [0.2, 0.25) is 5.91 Å². The molecule has 15 heavy (non-hydrogen) atoms. The Labute approximate surface area is 97.4 Å². The van der Waals surface area contributed by atoms with Crippen molar-refractivity contribution >= 4 is 21.8 Å². The maximum Gasteiger partial charge on any atom is 0.241 e. The van der Waals surface area contributed by atoms with E-state index in [9.17, 15) is 4.79 Å². The molecular formula is C11H13BrN2O. The zero-order valence-electron chi connectivity index (χ0n) is 8.46. The van der Waals surface area contributed by atoms with Crippen molar-refractivity contribution in [2.24, 2.45) is 0 Å². The highest BCUT2D eigenvalue weighted by Gasteiger charge is 2.26. The maximum atomic E-state index is 11.7. The van der Waals surface area contributed by atoms with E-state index in [0.717, 1.165) is 16.6 Å². The molecule has 2 rings (SSSR count). The van der Waals surface area contributed by atoms with Crippen molar-refractivity contribution in [3.05, 3.63) is 34.3 Å². The third-order valence-electron chi connectivity index (χ3n) is 2.48. The number of carbonyl (C=O) groups is 1. The predicted octanol–water partition coefficient (Wildman–Crippen LogP) is 1.60. The summed E-state index contributed by atoms with van der Waals surface area (Å²) in [7, 11) is 0. The van der Waals surface area contributed by atoms with Gasteiger partial charge in [0.1, 0.15) is 6.04 Å². The highest BCUT2D eigenvalue weighted by molar-refractivity contribution is 9.10. The van der Waals surface area contributed by atoms with Gasteiger partial charge < -0.3 is 10.6 Å². The van der Waals surface area contributed by atoms with Gasteiger partial charge in [-0.05, 0) is 24.6 Å². The van der Waals surface area contributed by atoms with Gasteiger partial charge in [-0.1, -0.05) is 28.1 Å². The van der Waals surface area contributed by atoms with E-state index < -0.39 is 0 Å². The molecule has 0 bridgehead atoms. The minimum Gasteiger partial charge on any atom is -0.351 e. The van der Waals surface area contributed by atoms with E-state index >= 15 is 0 Å². The number of carbonyl (C=O) groups excluding carboxylic acids is 1. The normalized spacial score (nSPS) is 26.1. The van der Waals surface area contributed by atoms with Gasteiger partial charge in [-0.15, -0.1) is 0 Å². The molecule has 0 unspecified atom stereocenters. The van der Waals surface area contributed by atoms with E-state index in [1.54, 1.807) is 0 Å². The van der Waals surface area contributed by atoms with E-state index in [1.165, 1.54) is 0 Å². The Morgan fingerprint density at radius 2 is 2.00 bits per heavy atom. The molecule has 1 aromatic rings. The lowest BCUT2D eigenvalue weighted by atomic mass is 10.0. The molecule has 0 aliphatic carbocycles. The first-order chi connectivity index (χ1) is 7.16. The van der Waals surface area contributed by atoms with Crippen LogP contribution < -0.4 is 10.6 Å². The molecule has 0 spiro atoms. The lowest BCUT2D eigenvalue weighted by molar-refractivity contribution is -0.125. The number of amides is 1. The van der Waals surface area contributed by atoms with Crippen LogP contribution in [0.5, 0.6) is 0 Å². The number of nitrogens with one attached hydrogen (secondary N) is 2. The molecule has 1 aliphatic rings. The molecule has 2 atom stereocenters. The lowest BCUT2D eigenvalue weighted by Gasteiger charge is -2.28. The van der Waals surface area contributed by atoms with E-state index in [-0.39, 0.29) is 18.0 Å². The third kappa shape index (κ3) is 2.38. The van der Waals surface area contributed by atoms with Crippen LogP contribution >= 0.6 is 15.9 Å². The Morgan fingerprint density at radius 3 is 2.60 bits per heavy atom. The van der Waals surface area contributed by atoms with Crippen LogP contribution in [0.15, 0.2) is 28.7 Å². The van der Waals surface area contributed by atoms with Crippen molar-refractivity contribution in [3.63, 3.8) is 0 Å². The monoisotopic (exact) mass is 268 g/mol. The van der Waals surface area contributed by atoms with E-state index in [1.807, 2.05) is 31.2 Å². The van der Waals surface area contributed by atoms with Gasteiger partial charge in [-0.25, -0.2) is 0 Å². The van der Waals surface area contributed by atoms with Gasteiger partial charge >= 0.3 is 0 Å². The molecular weight excluding hydrogens is 256 g/mol. The molecule has 0 aromatic heterocycles. The number of benzene rings is 1. The zero-order valence-corrected chi connectivity index (χ0v) is 10.0. The SMILES string of the molecule is C[C@H]1CN[C@H](c2ccc(Br)cc2)C(=O)N1. The number of rotatable bonds is 1. The number of hydrogen-bond acceptors (Lipinski definition) is 2. The summed E-state index contributed by atoms with van der Waals surface area (Å²) in [4.78, 5) is 11.7. The fraction of sp³-hybridized carbons (Fsp3) is 0.364. The number of halogens is 1. The summed E-state index contributed by atoms with van der Waals surface area (Å²) in [6.07, 6.45) is 0. The molecule has 1 heterocycles. The highest BCUT2D eigenvalue weighted by Crippen LogP contribution is 2.18. The minimum absolute atomic E-state index is 0.0519. The van der Waals surface area contributed by atoms with Gasteiger partial charge in [0.15, 0.2) is 0 Å². The van der Waals surface area contributed by atoms with Crippen molar-refractivity contribution in [2.45, 2.75) is 19.0 Å². The Hall–Kier alpha value is -0.870. The number of piperazine rings is 1. The molecule has 4 heteroatoms. The van der Waals surface area contributed by atoms with Crippen molar-refractivity contribution in [2.75, 3.05) is 6.54 Å². The molecule has 1 amide bonds. The quantitative estimate of drug-likeness (QED) is 0.813. The Morgan fingerprint density at radius 1 is 1.33 bits per heavy atom. The summed E-state index contributed by atoms with van der Waals surface area (Å²) >= 11 is 3.37. The Balaban J connectivity index is 2.17. The summed E-state index contributed by atoms with van der Waals surface area (Å²) in [5.41, 5.74) is 1.00. The summed E-state index contributed by atoms with van der Waals surface area (Å²) < 4.78 is 1.02. The van der Waals surface area contributed by atoms with Crippen LogP contribution in [0.3, 0.4) is 0 Å². The molecule has 1 fully saturated rings. The fourth-order valence-corrected chi connectivity index (χ4v) is 1.95. The summed E-state index contributed by atoms with van der Waals surface area (Å²) in [6, 6.07) is 7.80. The average molecular weight is 269 g/mol. The van der Waals surface area contributed by atoms with Crippen molar-refractivity contribution < 1.29 is 4.79 Å². The van der Waals surface area contributed by atoms with E-state index in [0.29, 0.717) is 0 Å². The first-order valence-electron chi connectivity index (χ1n) is 4.96.